The van der Waals surface area contributed by atoms with Gasteiger partial charge >= 0.3 is 0 Å². The highest BCUT2D eigenvalue weighted by molar-refractivity contribution is 5.78. The Bertz CT molecular complexity index is 348. The molecule has 76 valence electrons. The molecule has 1 aromatic heterocycles. The van der Waals surface area contributed by atoms with Gasteiger partial charge in [-0.1, -0.05) is 13.8 Å². The summed E-state index contributed by atoms with van der Waals surface area (Å²) in [5.74, 6) is 0.818. The molecular weight excluding hydrogens is 180 g/mol. The molecule has 4 heteroatoms. The van der Waals surface area contributed by atoms with Crippen molar-refractivity contribution in [3.8, 4) is 5.75 Å². The van der Waals surface area contributed by atoms with E-state index in [0.29, 0.717) is 11.5 Å². The molecule has 0 spiro atoms. The zero-order valence-corrected chi connectivity index (χ0v) is 8.61. The Morgan fingerprint density at radius 2 is 2.21 bits per heavy atom. The van der Waals surface area contributed by atoms with Crippen molar-refractivity contribution >= 4 is 5.78 Å². The van der Waals surface area contributed by atoms with Crippen LogP contribution in [-0.2, 0) is 11.2 Å². The van der Waals surface area contributed by atoms with Crippen molar-refractivity contribution in [2.24, 2.45) is 0 Å². The smallest absolute Gasteiger partial charge is 0.155 e. The van der Waals surface area contributed by atoms with E-state index in [1.807, 2.05) is 13.8 Å². The highest BCUT2D eigenvalue weighted by Crippen LogP contribution is 2.17. The summed E-state index contributed by atoms with van der Waals surface area (Å²) in [6.45, 7) is 5.39. The molecule has 1 aromatic rings. The second kappa shape index (κ2) is 4.17. The van der Waals surface area contributed by atoms with E-state index in [9.17, 15) is 9.90 Å². The predicted octanol–water partition coefficient (Wildman–Crippen LogP) is 1.44. The van der Waals surface area contributed by atoms with Crippen LogP contribution in [0.5, 0.6) is 5.75 Å². The van der Waals surface area contributed by atoms with Crippen molar-refractivity contribution in [2.45, 2.75) is 33.1 Å². The minimum absolute atomic E-state index is 0.00963. The highest BCUT2D eigenvalue weighted by Gasteiger charge is 2.10. The number of rotatable bonds is 3. The number of carbonyl (C=O) groups is 1. The van der Waals surface area contributed by atoms with E-state index in [4.69, 9.17) is 0 Å². The van der Waals surface area contributed by atoms with E-state index < -0.39 is 0 Å². The van der Waals surface area contributed by atoms with Gasteiger partial charge in [0, 0.05) is 5.92 Å². The molecule has 14 heavy (non-hydrogen) atoms. The van der Waals surface area contributed by atoms with E-state index in [1.165, 1.54) is 13.1 Å². The number of ketones is 1. The lowest BCUT2D eigenvalue weighted by atomic mass is 10.2. The Kier molecular flexibility index (Phi) is 3.17. The lowest BCUT2D eigenvalue weighted by Crippen LogP contribution is -2.05. The fourth-order valence-corrected chi connectivity index (χ4v) is 1.07. The molecule has 0 aliphatic carbocycles. The molecule has 1 rings (SSSR count). The van der Waals surface area contributed by atoms with E-state index in [1.54, 1.807) is 0 Å². The van der Waals surface area contributed by atoms with E-state index in [-0.39, 0.29) is 23.9 Å². The van der Waals surface area contributed by atoms with Crippen LogP contribution >= 0.6 is 0 Å². The van der Waals surface area contributed by atoms with E-state index in [0.717, 1.165) is 0 Å². The molecule has 0 aliphatic rings. The fraction of sp³-hybridized carbons (Fsp3) is 0.500. The molecule has 0 saturated heterocycles. The zero-order valence-electron chi connectivity index (χ0n) is 8.61. The Morgan fingerprint density at radius 3 is 2.71 bits per heavy atom. The molecule has 0 unspecified atom stereocenters. The Balaban J connectivity index is 3.02. The fourth-order valence-electron chi connectivity index (χ4n) is 1.07. The Morgan fingerprint density at radius 1 is 1.57 bits per heavy atom. The van der Waals surface area contributed by atoms with Gasteiger partial charge in [-0.3, -0.25) is 4.79 Å². The summed E-state index contributed by atoms with van der Waals surface area (Å²) in [6, 6.07) is 0. The molecule has 0 saturated carbocycles. The molecular formula is C10H14N2O2. The summed E-state index contributed by atoms with van der Waals surface area (Å²) in [4.78, 5) is 19.0. The van der Waals surface area contributed by atoms with Crippen LogP contribution in [0.2, 0.25) is 0 Å². The van der Waals surface area contributed by atoms with Gasteiger partial charge in [-0.25, -0.2) is 9.97 Å². The maximum atomic E-state index is 10.9. The molecule has 0 atom stereocenters. The summed E-state index contributed by atoms with van der Waals surface area (Å²) in [6.07, 6.45) is 1.51. The first-order valence-electron chi connectivity index (χ1n) is 4.55. The van der Waals surface area contributed by atoms with Crippen LogP contribution in [0.3, 0.4) is 0 Å². The van der Waals surface area contributed by atoms with Gasteiger partial charge in [0.1, 0.15) is 11.6 Å². The number of aromatic hydroxyl groups is 1. The Hall–Kier alpha value is -1.45. The molecule has 0 bridgehead atoms. The lowest BCUT2D eigenvalue weighted by molar-refractivity contribution is -0.116. The standard InChI is InChI=1S/C10H14N2O2/c1-6(2)10-11-5-9(14)8(12-10)4-7(3)13/h5-6,14H,4H2,1-3H3. The van der Waals surface area contributed by atoms with Gasteiger partial charge in [0.25, 0.3) is 0 Å². The summed E-state index contributed by atoms with van der Waals surface area (Å²) in [7, 11) is 0. The van der Waals surface area contributed by atoms with Crippen molar-refractivity contribution in [2.75, 3.05) is 0 Å². The number of Topliss-reactive ketones (excluding diaryl/α,β-unsaturated/α-hetero) is 1. The van der Waals surface area contributed by atoms with Gasteiger partial charge in [-0.05, 0) is 6.92 Å². The zero-order chi connectivity index (χ0) is 10.7. The van der Waals surface area contributed by atoms with Crippen LogP contribution < -0.4 is 0 Å². The van der Waals surface area contributed by atoms with Crippen LogP contribution in [0.15, 0.2) is 6.20 Å². The largest absolute Gasteiger partial charge is 0.504 e. The minimum atomic E-state index is -0.0197. The number of hydrogen-bond acceptors (Lipinski definition) is 4. The molecule has 4 nitrogen and oxygen atoms in total. The third kappa shape index (κ3) is 2.52. The number of hydrogen-bond donors (Lipinski definition) is 1. The van der Waals surface area contributed by atoms with E-state index in [2.05, 4.69) is 9.97 Å². The van der Waals surface area contributed by atoms with Crippen molar-refractivity contribution < 1.29 is 9.90 Å². The second-order valence-electron chi connectivity index (χ2n) is 3.59. The van der Waals surface area contributed by atoms with Crippen LogP contribution in [0.25, 0.3) is 0 Å². The van der Waals surface area contributed by atoms with Crippen molar-refractivity contribution in [3.05, 3.63) is 17.7 Å². The molecule has 1 heterocycles. The monoisotopic (exact) mass is 194 g/mol. The first-order chi connectivity index (χ1) is 6.50. The molecule has 0 aliphatic heterocycles. The normalized spacial score (nSPS) is 10.6. The van der Waals surface area contributed by atoms with Gasteiger partial charge in [0.05, 0.1) is 18.3 Å². The number of nitrogens with zero attached hydrogens (tertiary/aromatic N) is 2. The lowest BCUT2D eigenvalue weighted by Gasteiger charge is -2.06. The molecule has 1 N–H and O–H groups in total. The average molecular weight is 194 g/mol. The summed E-state index contributed by atoms with van der Waals surface area (Å²) < 4.78 is 0. The molecule has 0 aromatic carbocycles. The van der Waals surface area contributed by atoms with Crippen molar-refractivity contribution in [1.29, 1.82) is 0 Å². The predicted molar refractivity (Wildman–Crippen MR) is 52.2 cm³/mol. The summed E-state index contributed by atoms with van der Waals surface area (Å²) >= 11 is 0. The SMILES string of the molecule is CC(=O)Cc1nc(C(C)C)ncc1O. The van der Waals surface area contributed by atoms with Gasteiger partial charge in [0.2, 0.25) is 0 Å². The average Bonchev–Trinajstić information content (AvgIpc) is 2.07. The quantitative estimate of drug-likeness (QED) is 0.790. The highest BCUT2D eigenvalue weighted by atomic mass is 16.3. The number of aromatic nitrogens is 2. The maximum Gasteiger partial charge on any atom is 0.155 e. The van der Waals surface area contributed by atoms with Crippen LogP contribution in [0, 0.1) is 0 Å². The van der Waals surface area contributed by atoms with Gasteiger partial charge in [-0.15, -0.1) is 0 Å². The number of carbonyl (C=O) groups excluding carboxylic acids is 1. The maximum absolute atomic E-state index is 10.9. The van der Waals surface area contributed by atoms with Gasteiger partial charge < -0.3 is 5.11 Å². The molecule has 0 fully saturated rings. The first kappa shape index (κ1) is 10.6. The Labute approximate surface area is 83.0 Å². The van der Waals surface area contributed by atoms with Crippen molar-refractivity contribution in [3.63, 3.8) is 0 Å². The minimum Gasteiger partial charge on any atom is -0.504 e. The van der Waals surface area contributed by atoms with Gasteiger partial charge in [0.15, 0.2) is 5.75 Å². The topological polar surface area (TPSA) is 63.1 Å². The third-order valence-electron chi connectivity index (χ3n) is 1.80. The third-order valence-corrected chi connectivity index (χ3v) is 1.80. The van der Waals surface area contributed by atoms with Crippen molar-refractivity contribution in [1.82, 2.24) is 9.97 Å². The summed E-state index contributed by atoms with van der Waals surface area (Å²) in [5.41, 5.74) is 0.413. The van der Waals surface area contributed by atoms with Crippen LogP contribution in [-0.4, -0.2) is 20.9 Å². The van der Waals surface area contributed by atoms with Crippen LogP contribution in [0.4, 0.5) is 0 Å². The molecule has 0 radical (unpaired) electrons. The second-order valence-corrected chi connectivity index (χ2v) is 3.59. The first-order valence-corrected chi connectivity index (χ1v) is 4.55. The summed E-state index contributed by atoms with van der Waals surface area (Å²) in [5, 5.41) is 9.39. The van der Waals surface area contributed by atoms with Crippen LogP contribution in [0.1, 0.15) is 38.2 Å². The van der Waals surface area contributed by atoms with E-state index >= 15 is 0 Å². The van der Waals surface area contributed by atoms with Gasteiger partial charge in [-0.2, -0.15) is 0 Å². The molecule has 0 amide bonds.